The van der Waals surface area contributed by atoms with Crippen LogP contribution in [0.3, 0.4) is 0 Å². The molecule has 0 aliphatic carbocycles. The number of rotatable bonds is 5. The lowest BCUT2D eigenvalue weighted by Gasteiger charge is -2.33. The fourth-order valence-electron chi connectivity index (χ4n) is 3.59. The van der Waals surface area contributed by atoms with Crippen molar-refractivity contribution in [3.8, 4) is 23.3 Å². The number of methoxy groups -OCH3 is 1. The number of piperazine rings is 1. The van der Waals surface area contributed by atoms with Gasteiger partial charge < -0.3 is 14.1 Å². The molecule has 0 atom stereocenters. The fraction of sp³-hybridized carbons (Fsp3) is 0.273. The molecule has 166 valence electrons. The number of hydrogen-bond acceptors (Lipinski definition) is 7. The van der Waals surface area contributed by atoms with Gasteiger partial charge in [0.05, 0.1) is 17.6 Å². The van der Waals surface area contributed by atoms with Crippen molar-refractivity contribution >= 4 is 15.9 Å². The Bertz CT molecular complexity index is 1290. The van der Waals surface area contributed by atoms with Gasteiger partial charge in [0, 0.05) is 26.2 Å². The first-order valence-electron chi connectivity index (χ1n) is 9.90. The highest BCUT2D eigenvalue weighted by atomic mass is 32.2. The summed E-state index contributed by atoms with van der Waals surface area (Å²) in [6, 6.07) is 13.0. The van der Waals surface area contributed by atoms with Crippen LogP contribution in [0.2, 0.25) is 0 Å². The Morgan fingerprint density at radius 2 is 1.88 bits per heavy atom. The summed E-state index contributed by atoms with van der Waals surface area (Å²) in [5.74, 6) is 0.665. The molecule has 0 bridgehead atoms. The first-order valence-corrected chi connectivity index (χ1v) is 11.3. The van der Waals surface area contributed by atoms with Crippen LogP contribution in [0.4, 0.5) is 10.3 Å². The third-order valence-electron chi connectivity index (χ3n) is 5.35. The molecule has 0 N–H and O–H groups in total. The van der Waals surface area contributed by atoms with Crippen molar-refractivity contribution < 1.29 is 22.0 Å². The molecular formula is C22H21FN4O4S. The van der Waals surface area contributed by atoms with E-state index in [1.54, 1.807) is 17.0 Å². The van der Waals surface area contributed by atoms with Crippen molar-refractivity contribution in [1.29, 1.82) is 5.26 Å². The molecule has 0 spiro atoms. The second-order valence-electron chi connectivity index (χ2n) is 7.29. The van der Waals surface area contributed by atoms with E-state index < -0.39 is 15.8 Å². The van der Waals surface area contributed by atoms with Crippen molar-refractivity contribution in [2.24, 2.45) is 0 Å². The molecule has 2 heterocycles. The van der Waals surface area contributed by atoms with Gasteiger partial charge in [0.15, 0.2) is 0 Å². The minimum absolute atomic E-state index is 0.0562. The summed E-state index contributed by atoms with van der Waals surface area (Å²) < 4.78 is 52.1. The molecule has 0 amide bonds. The first kappa shape index (κ1) is 21.8. The van der Waals surface area contributed by atoms with Gasteiger partial charge in [0.1, 0.15) is 17.6 Å². The number of nitrogens with zero attached hydrogens (tertiary/aromatic N) is 4. The van der Waals surface area contributed by atoms with Crippen LogP contribution in [0, 0.1) is 24.1 Å². The molecule has 1 aliphatic heterocycles. The molecule has 1 saturated heterocycles. The summed E-state index contributed by atoms with van der Waals surface area (Å²) >= 11 is 0. The Morgan fingerprint density at radius 3 is 2.53 bits per heavy atom. The number of nitriles is 1. The molecular weight excluding hydrogens is 435 g/mol. The lowest BCUT2D eigenvalue weighted by atomic mass is 10.2. The van der Waals surface area contributed by atoms with E-state index >= 15 is 0 Å². The zero-order valence-electron chi connectivity index (χ0n) is 17.6. The molecule has 2 aromatic carbocycles. The number of hydrogen-bond donors (Lipinski definition) is 0. The van der Waals surface area contributed by atoms with E-state index in [0.717, 1.165) is 6.07 Å². The van der Waals surface area contributed by atoms with Crippen molar-refractivity contribution in [2.75, 3.05) is 38.2 Å². The van der Waals surface area contributed by atoms with Crippen molar-refractivity contribution in [1.82, 2.24) is 9.29 Å². The van der Waals surface area contributed by atoms with Crippen molar-refractivity contribution in [3.63, 3.8) is 0 Å². The summed E-state index contributed by atoms with van der Waals surface area (Å²) in [4.78, 5) is 6.15. The monoisotopic (exact) mass is 456 g/mol. The Balaban J connectivity index is 1.55. The highest BCUT2D eigenvalue weighted by Crippen LogP contribution is 2.34. The van der Waals surface area contributed by atoms with E-state index in [1.807, 2.05) is 18.2 Å². The zero-order chi connectivity index (χ0) is 22.9. The van der Waals surface area contributed by atoms with E-state index in [0.29, 0.717) is 30.3 Å². The van der Waals surface area contributed by atoms with Crippen LogP contribution >= 0.6 is 0 Å². The lowest BCUT2D eigenvalue weighted by molar-refractivity contribution is 0.374. The lowest BCUT2D eigenvalue weighted by Crippen LogP contribution is -2.48. The molecule has 1 fully saturated rings. The number of sulfonamides is 1. The van der Waals surface area contributed by atoms with Crippen LogP contribution < -0.4 is 9.64 Å². The number of aromatic nitrogens is 1. The minimum Gasteiger partial charge on any atom is -0.496 e. The van der Waals surface area contributed by atoms with Crippen LogP contribution in [0.1, 0.15) is 11.3 Å². The van der Waals surface area contributed by atoms with Crippen molar-refractivity contribution in [2.45, 2.75) is 11.8 Å². The predicted octanol–water partition coefficient (Wildman–Crippen LogP) is 3.18. The van der Waals surface area contributed by atoms with Gasteiger partial charge in [0.2, 0.25) is 27.5 Å². The third kappa shape index (κ3) is 3.92. The van der Waals surface area contributed by atoms with Crippen LogP contribution in [-0.2, 0) is 10.0 Å². The standard InChI is InChI=1S/C22H21FN4O4S/c1-15-13-16(7-8-18(15)23)32(28,29)27-11-9-26(10-12-27)22-19(14-24)25-21(31-22)17-5-3-4-6-20(17)30-2/h3-8,13H,9-12H2,1-2H3. The highest BCUT2D eigenvalue weighted by Gasteiger charge is 2.31. The fourth-order valence-corrected chi connectivity index (χ4v) is 5.10. The summed E-state index contributed by atoms with van der Waals surface area (Å²) in [6.45, 7) is 2.53. The van der Waals surface area contributed by atoms with Crippen molar-refractivity contribution in [3.05, 3.63) is 59.5 Å². The van der Waals surface area contributed by atoms with Crippen LogP contribution in [0.25, 0.3) is 11.5 Å². The molecule has 8 nitrogen and oxygen atoms in total. The van der Waals surface area contributed by atoms with Gasteiger partial charge in [-0.15, -0.1) is 0 Å². The normalized spacial score (nSPS) is 14.9. The molecule has 0 unspecified atom stereocenters. The first-order chi connectivity index (χ1) is 15.3. The number of oxazole rings is 1. The zero-order valence-corrected chi connectivity index (χ0v) is 18.4. The Kier molecular flexibility index (Phi) is 5.86. The summed E-state index contributed by atoms with van der Waals surface area (Å²) in [6.07, 6.45) is 0. The van der Waals surface area contributed by atoms with Gasteiger partial charge >= 0.3 is 0 Å². The smallest absolute Gasteiger partial charge is 0.243 e. The van der Waals surface area contributed by atoms with Crippen LogP contribution in [0.15, 0.2) is 51.8 Å². The summed E-state index contributed by atoms with van der Waals surface area (Å²) in [7, 11) is -2.22. The maximum absolute atomic E-state index is 13.5. The maximum Gasteiger partial charge on any atom is 0.243 e. The van der Waals surface area contributed by atoms with E-state index in [2.05, 4.69) is 4.98 Å². The van der Waals surface area contributed by atoms with Gasteiger partial charge in [-0.05, 0) is 42.8 Å². The third-order valence-corrected chi connectivity index (χ3v) is 7.24. The molecule has 4 rings (SSSR count). The topological polar surface area (TPSA) is 99.7 Å². The number of aryl methyl sites for hydroxylation is 1. The molecule has 10 heteroatoms. The Labute approximate surface area is 185 Å². The molecule has 1 aromatic heterocycles. The van der Waals surface area contributed by atoms with E-state index in [4.69, 9.17) is 9.15 Å². The molecule has 0 radical (unpaired) electrons. The average molecular weight is 456 g/mol. The van der Waals surface area contributed by atoms with E-state index in [9.17, 15) is 18.1 Å². The molecule has 32 heavy (non-hydrogen) atoms. The predicted molar refractivity (Wildman–Crippen MR) is 115 cm³/mol. The number of benzene rings is 2. The van der Waals surface area contributed by atoms with Crippen LogP contribution in [-0.4, -0.2) is 51.0 Å². The molecule has 1 aliphatic rings. The SMILES string of the molecule is COc1ccccc1-c1nc(C#N)c(N2CCN(S(=O)(=O)c3ccc(F)c(C)c3)CC2)o1. The summed E-state index contributed by atoms with van der Waals surface area (Å²) in [5.41, 5.74) is 1.01. The molecule has 3 aromatic rings. The number of anilines is 1. The average Bonchev–Trinajstić information content (AvgIpc) is 3.25. The van der Waals surface area contributed by atoms with Gasteiger partial charge in [-0.3, -0.25) is 0 Å². The minimum atomic E-state index is -3.76. The Hall–Kier alpha value is -3.42. The summed E-state index contributed by atoms with van der Waals surface area (Å²) in [5, 5.41) is 9.55. The second-order valence-corrected chi connectivity index (χ2v) is 9.22. The largest absolute Gasteiger partial charge is 0.496 e. The van der Waals surface area contributed by atoms with E-state index in [1.165, 1.54) is 30.5 Å². The number of ether oxygens (including phenoxy) is 1. The van der Waals surface area contributed by atoms with Gasteiger partial charge in [-0.1, -0.05) is 12.1 Å². The van der Waals surface area contributed by atoms with Gasteiger partial charge in [0.25, 0.3) is 0 Å². The second kappa shape index (κ2) is 8.61. The van der Waals surface area contributed by atoms with E-state index in [-0.39, 0.29) is 35.1 Å². The quantitative estimate of drug-likeness (QED) is 0.581. The maximum atomic E-state index is 13.5. The highest BCUT2D eigenvalue weighted by molar-refractivity contribution is 7.89. The Morgan fingerprint density at radius 1 is 1.16 bits per heavy atom. The van der Waals surface area contributed by atoms with Gasteiger partial charge in [-0.25, -0.2) is 12.8 Å². The van der Waals surface area contributed by atoms with Gasteiger partial charge in [-0.2, -0.15) is 14.6 Å². The van der Waals surface area contributed by atoms with Crippen LogP contribution in [0.5, 0.6) is 5.75 Å². The molecule has 0 saturated carbocycles. The number of para-hydroxylation sites is 1. The number of halogens is 1.